The second kappa shape index (κ2) is 8.55. The van der Waals surface area contributed by atoms with E-state index in [1.807, 2.05) is 6.07 Å². The Morgan fingerprint density at radius 3 is 2.07 bits per heavy atom. The number of carbonyl (C=O) groups excluding carboxylic acids is 2. The zero-order valence-electron chi connectivity index (χ0n) is 15.3. The molecule has 2 heterocycles. The molecule has 0 aliphatic rings. The number of halogens is 3. The Hall–Kier alpha value is -3.03. The van der Waals surface area contributed by atoms with Crippen LogP contribution in [0.15, 0.2) is 42.7 Å². The number of nitrogens with one attached hydrogen (secondary N) is 2. The van der Waals surface area contributed by atoms with Crippen molar-refractivity contribution in [1.82, 2.24) is 9.97 Å². The molecule has 0 fully saturated rings. The van der Waals surface area contributed by atoms with Crippen LogP contribution in [0.4, 0.5) is 4.39 Å². The largest absolute Gasteiger partial charge is 0.465 e. The van der Waals surface area contributed by atoms with E-state index in [9.17, 15) is 14.0 Å². The van der Waals surface area contributed by atoms with Crippen molar-refractivity contribution < 1.29 is 23.5 Å². The van der Waals surface area contributed by atoms with Crippen LogP contribution in [0.3, 0.4) is 0 Å². The summed E-state index contributed by atoms with van der Waals surface area (Å²) in [5, 5.41) is 1.53. The molecular formula is C20H15Cl2FN2O4. The van der Waals surface area contributed by atoms with Crippen LogP contribution in [-0.2, 0) is 9.47 Å². The zero-order chi connectivity index (χ0) is 21.1. The zero-order valence-corrected chi connectivity index (χ0v) is 16.8. The first kappa shape index (κ1) is 20.7. The molecule has 0 amide bonds. The minimum absolute atomic E-state index is 0.0677. The minimum Gasteiger partial charge on any atom is -0.465 e. The van der Waals surface area contributed by atoms with Crippen molar-refractivity contribution in [1.29, 1.82) is 0 Å². The SMILES string of the molecule is COC(=O)c1ccc2[nH]cc(F)c2c1Cl.COC(=O)c1ccc2[nH]ccc2c1Cl. The van der Waals surface area contributed by atoms with Crippen LogP contribution in [0.5, 0.6) is 0 Å². The lowest BCUT2D eigenvalue weighted by Gasteiger charge is -2.02. The number of aromatic nitrogens is 2. The van der Waals surface area contributed by atoms with Crippen molar-refractivity contribution in [3.8, 4) is 0 Å². The number of methoxy groups -OCH3 is 2. The molecule has 2 aromatic carbocycles. The van der Waals surface area contributed by atoms with Gasteiger partial charge in [-0.1, -0.05) is 23.2 Å². The highest BCUT2D eigenvalue weighted by Crippen LogP contribution is 2.29. The van der Waals surface area contributed by atoms with Crippen LogP contribution >= 0.6 is 23.2 Å². The molecule has 0 radical (unpaired) electrons. The van der Waals surface area contributed by atoms with Gasteiger partial charge in [0.2, 0.25) is 0 Å². The number of hydrogen-bond donors (Lipinski definition) is 2. The molecule has 2 N–H and O–H groups in total. The van der Waals surface area contributed by atoms with Gasteiger partial charge in [-0.15, -0.1) is 0 Å². The number of carbonyl (C=O) groups is 2. The summed E-state index contributed by atoms with van der Waals surface area (Å²) in [6, 6.07) is 8.34. The van der Waals surface area contributed by atoms with Gasteiger partial charge in [0.05, 0.1) is 40.8 Å². The van der Waals surface area contributed by atoms with Gasteiger partial charge in [0.25, 0.3) is 0 Å². The number of fused-ring (bicyclic) bond motifs is 2. The lowest BCUT2D eigenvalue weighted by atomic mass is 10.1. The Bertz CT molecular complexity index is 1220. The lowest BCUT2D eigenvalue weighted by Crippen LogP contribution is -2.02. The number of aromatic amines is 2. The molecule has 9 heteroatoms. The molecule has 0 bridgehead atoms. The average Bonchev–Trinajstić information content (AvgIpc) is 3.35. The molecule has 4 aromatic rings. The van der Waals surface area contributed by atoms with Gasteiger partial charge in [-0.05, 0) is 30.3 Å². The van der Waals surface area contributed by atoms with Crippen molar-refractivity contribution in [2.75, 3.05) is 14.2 Å². The third-order valence-electron chi connectivity index (χ3n) is 4.21. The Kier molecular flexibility index (Phi) is 6.10. The summed E-state index contributed by atoms with van der Waals surface area (Å²) in [6.45, 7) is 0. The number of rotatable bonds is 2. The van der Waals surface area contributed by atoms with Crippen LogP contribution < -0.4 is 0 Å². The van der Waals surface area contributed by atoms with Crippen molar-refractivity contribution in [2.24, 2.45) is 0 Å². The highest BCUT2D eigenvalue weighted by Gasteiger charge is 2.16. The van der Waals surface area contributed by atoms with E-state index in [0.717, 1.165) is 10.9 Å². The number of benzene rings is 2. The Morgan fingerprint density at radius 2 is 1.45 bits per heavy atom. The van der Waals surface area contributed by atoms with E-state index in [4.69, 9.17) is 23.2 Å². The van der Waals surface area contributed by atoms with Crippen molar-refractivity contribution in [3.63, 3.8) is 0 Å². The van der Waals surface area contributed by atoms with Crippen LogP contribution in [0, 0.1) is 5.82 Å². The quantitative estimate of drug-likeness (QED) is 0.414. The molecule has 4 rings (SSSR count). The maximum atomic E-state index is 13.3. The van der Waals surface area contributed by atoms with Gasteiger partial charge < -0.3 is 19.4 Å². The summed E-state index contributed by atoms with van der Waals surface area (Å²) >= 11 is 11.9. The smallest absolute Gasteiger partial charge is 0.339 e. The Morgan fingerprint density at radius 1 is 0.862 bits per heavy atom. The standard InChI is InChI=1S/C10H7ClFNO2.C10H8ClNO2/c1-15-10(14)5-2-3-7-8(9(5)11)6(12)4-13-7;1-14-10(13)7-2-3-8-6(9(7)11)4-5-12-8/h2-4,13H,1H3;2-5,12H,1H3. The molecule has 0 atom stereocenters. The summed E-state index contributed by atoms with van der Waals surface area (Å²) in [5.41, 5.74) is 2.00. The number of hydrogen-bond acceptors (Lipinski definition) is 4. The van der Waals surface area contributed by atoms with Gasteiger partial charge in [-0.2, -0.15) is 0 Å². The average molecular weight is 437 g/mol. The third-order valence-corrected chi connectivity index (χ3v) is 5.01. The van der Waals surface area contributed by atoms with Crippen LogP contribution in [0.25, 0.3) is 21.8 Å². The summed E-state index contributed by atoms with van der Waals surface area (Å²) in [5.74, 6) is -1.48. The molecule has 0 saturated carbocycles. The first-order valence-electron chi connectivity index (χ1n) is 8.26. The van der Waals surface area contributed by atoms with Gasteiger partial charge in [0.15, 0.2) is 0 Å². The van der Waals surface area contributed by atoms with Crippen LogP contribution in [0.1, 0.15) is 20.7 Å². The highest BCUT2D eigenvalue weighted by molar-refractivity contribution is 6.38. The molecule has 0 aliphatic carbocycles. The Labute approximate surface area is 174 Å². The predicted octanol–water partition coefficient (Wildman–Crippen LogP) is 5.35. The first-order valence-corrected chi connectivity index (χ1v) is 9.02. The molecule has 29 heavy (non-hydrogen) atoms. The predicted molar refractivity (Wildman–Crippen MR) is 109 cm³/mol. The fraction of sp³-hybridized carbons (Fsp3) is 0.100. The molecular weight excluding hydrogens is 422 g/mol. The summed E-state index contributed by atoms with van der Waals surface area (Å²) in [6.07, 6.45) is 2.97. The van der Waals surface area contributed by atoms with Gasteiger partial charge in [-0.3, -0.25) is 0 Å². The van der Waals surface area contributed by atoms with E-state index in [1.165, 1.54) is 26.5 Å². The number of esters is 2. The first-order chi connectivity index (χ1) is 13.9. The summed E-state index contributed by atoms with van der Waals surface area (Å²) in [7, 11) is 2.58. The van der Waals surface area contributed by atoms with E-state index in [-0.39, 0.29) is 16.0 Å². The van der Waals surface area contributed by atoms with Gasteiger partial charge in [0, 0.05) is 28.8 Å². The maximum absolute atomic E-state index is 13.3. The topological polar surface area (TPSA) is 84.2 Å². The van der Waals surface area contributed by atoms with Crippen molar-refractivity contribution in [2.45, 2.75) is 0 Å². The highest BCUT2D eigenvalue weighted by atomic mass is 35.5. The van der Waals surface area contributed by atoms with Crippen molar-refractivity contribution >= 4 is 56.9 Å². The molecule has 0 saturated heterocycles. The van der Waals surface area contributed by atoms with E-state index < -0.39 is 17.8 Å². The van der Waals surface area contributed by atoms with Gasteiger partial charge >= 0.3 is 11.9 Å². The third kappa shape index (κ3) is 3.92. The van der Waals surface area contributed by atoms with E-state index >= 15 is 0 Å². The van der Waals surface area contributed by atoms with Crippen LogP contribution in [-0.4, -0.2) is 36.1 Å². The molecule has 0 spiro atoms. The molecule has 150 valence electrons. The molecule has 2 aromatic heterocycles. The lowest BCUT2D eigenvalue weighted by molar-refractivity contribution is 0.0592. The second-order valence-corrected chi connectivity index (χ2v) is 6.59. The molecule has 0 unspecified atom stereocenters. The van der Waals surface area contributed by atoms with Crippen LogP contribution in [0.2, 0.25) is 10.0 Å². The normalized spacial score (nSPS) is 10.5. The second-order valence-electron chi connectivity index (χ2n) is 5.84. The number of H-pyrrole nitrogens is 2. The summed E-state index contributed by atoms with van der Waals surface area (Å²) < 4.78 is 22.4. The number of ether oxygens (including phenoxy) is 2. The summed E-state index contributed by atoms with van der Waals surface area (Å²) in [4.78, 5) is 28.3. The van der Waals surface area contributed by atoms with Gasteiger partial charge in [-0.25, -0.2) is 14.0 Å². The maximum Gasteiger partial charge on any atom is 0.339 e. The fourth-order valence-electron chi connectivity index (χ4n) is 2.77. The Balaban J connectivity index is 0.000000166. The van der Waals surface area contributed by atoms with Gasteiger partial charge in [0.1, 0.15) is 5.82 Å². The van der Waals surface area contributed by atoms with E-state index in [0.29, 0.717) is 16.1 Å². The monoisotopic (exact) mass is 436 g/mol. The fourth-order valence-corrected chi connectivity index (χ4v) is 3.41. The minimum atomic E-state index is -0.581. The van der Waals surface area contributed by atoms with E-state index in [1.54, 1.807) is 24.4 Å². The van der Waals surface area contributed by atoms with Crippen molar-refractivity contribution in [3.05, 3.63) is 69.7 Å². The molecule has 6 nitrogen and oxygen atoms in total. The molecule has 0 aliphatic heterocycles. The van der Waals surface area contributed by atoms with E-state index in [2.05, 4.69) is 19.4 Å².